The first kappa shape index (κ1) is 16.2. The van der Waals surface area contributed by atoms with Crippen LogP contribution < -0.4 is 4.72 Å². The summed E-state index contributed by atoms with van der Waals surface area (Å²) in [5.41, 5.74) is 2.06. The predicted octanol–water partition coefficient (Wildman–Crippen LogP) is 3.03. The fourth-order valence-corrected chi connectivity index (χ4v) is 4.64. The highest BCUT2D eigenvalue weighted by molar-refractivity contribution is 7.91. The molecule has 0 fully saturated rings. The lowest BCUT2D eigenvalue weighted by Crippen LogP contribution is -2.26. The van der Waals surface area contributed by atoms with Crippen LogP contribution in [0.2, 0.25) is 0 Å². The first-order chi connectivity index (χ1) is 11.1. The third kappa shape index (κ3) is 3.46. The molecule has 7 heteroatoms. The third-order valence-electron chi connectivity index (χ3n) is 3.58. The molecule has 0 bridgehead atoms. The molecule has 0 unspecified atom stereocenters. The van der Waals surface area contributed by atoms with E-state index < -0.39 is 10.0 Å². The molecular formula is C16H19N3O2S2. The van der Waals surface area contributed by atoms with Gasteiger partial charge in [-0.2, -0.15) is 0 Å². The zero-order valence-electron chi connectivity index (χ0n) is 12.9. The van der Waals surface area contributed by atoms with Gasteiger partial charge in [0, 0.05) is 19.5 Å². The Balaban J connectivity index is 1.76. The SMILES string of the molecule is CCCn1c(CCNS(=O)(=O)c2cccs2)nc2ccccc21. The van der Waals surface area contributed by atoms with Gasteiger partial charge in [0.25, 0.3) is 0 Å². The molecule has 2 aromatic heterocycles. The number of aryl methyl sites for hydroxylation is 1. The largest absolute Gasteiger partial charge is 0.328 e. The van der Waals surface area contributed by atoms with Crippen LogP contribution in [0.15, 0.2) is 46.0 Å². The number of para-hydroxylation sites is 2. The summed E-state index contributed by atoms with van der Waals surface area (Å²) >= 11 is 1.22. The van der Waals surface area contributed by atoms with Crippen molar-refractivity contribution in [1.29, 1.82) is 0 Å². The second-order valence-corrected chi connectivity index (χ2v) is 8.19. The Morgan fingerprint density at radius 2 is 2.04 bits per heavy atom. The van der Waals surface area contributed by atoms with E-state index in [9.17, 15) is 8.42 Å². The summed E-state index contributed by atoms with van der Waals surface area (Å²) in [4.78, 5) is 4.64. The fraction of sp³-hybridized carbons (Fsp3) is 0.312. The number of imidazole rings is 1. The number of benzene rings is 1. The van der Waals surface area contributed by atoms with Crippen LogP contribution in [0.25, 0.3) is 11.0 Å². The average molecular weight is 349 g/mol. The number of thiophene rings is 1. The second kappa shape index (κ2) is 6.82. The molecule has 0 aliphatic heterocycles. The quantitative estimate of drug-likeness (QED) is 0.713. The van der Waals surface area contributed by atoms with Crippen molar-refractivity contribution in [1.82, 2.24) is 14.3 Å². The maximum absolute atomic E-state index is 12.1. The van der Waals surface area contributed by atoms with Gasteiger partial charge in [0.2, 0.25) is 10.0 Å². The van der Waals surface area contributed by atoms with E-state index in [2.05, 4.69) is 27.3 Å². The normalized spacial score (nSPS) is 12.0. The molecule has 3 aromatic rings. The summed E-state index contributed by atoms with van der Waals surface area (Å²) in [5, 5.41) is 1.76. The van der Waals surface area contributed by atoms with Gasteiger partial charge in [-0.3, -0.25) is 0 Å². The van der Waals surface area contributed by atoms with Crippen LogP contribution in [0.5, 0.6) is 0 Å². The van der Waals surface area contributed by atoms with Crippen molar-refractivity contribution >= 4 is 32.4 Å². The lowest BCUT2D eigenvalue weighted by Gasteiger charge is -2.08. The van der Waals surface area contributed by atoms with Crippen LogP contribution >= 0.6 is 11.3 Å². The zero-order valence-corrected chi connectivity index (χ0v) is 14.5. The minimum Gasteiger partial charge on any atom is -0.328 e. The molecule has 0 radical (unpaired) electrons. The van der Waals surface area contributed by atoms with E-state index in [1.54, 1.807) is 17.5 Å². The number of aromatic nitrogens is 2. The Hall–Kier alpha value is -1.70. The molecule has 5 nitrogen and oxygen atoms in total. The van der Waals surface area contributed by atoms with Gasteiger partial charge in [0.15, 0.2) is 0 Å². The summed E-state index contributed by atoms with van der Waals surface area (Å²) in [6.07, 6.45) is 1.58. The van der Waals surface area contributed by atoms with Crippen molar-refractivity contribution in [3.63, 3.8) is 0 Å². The lowest BCUT2D eigenvalue weighted by atomic mass is 10.3. The first-order valence-corrected chi connectivity index (χ1v) is 9.95. The molecule has 0 aliphatic carbocycles. The number of rotatable bonds is 7. The summed E-state index contributed by atoms with van der Waals surface area (Å²) in [6, 6.07) is 11.4. The van der Waals surface area contributed by atoms with Crippen LogP contribution in [-0.2, 0) is 23.0 Å². The van der Waals surface area contributed by atoms with E-state index in [0.717, 1.165) is 29.8 Å². The molecule has 0 saturated carbocycles. The number of hydrogen-bond donors (Lipinski definition) is 1. The molecule has 122 valence electrons. The van der Waals surface area contributed by atoms with E-state index >= 15 is 0 Å². The number of nitrogens with zero attached hydrogens (tertiary/aromatic N) is 2. The summed E-state index contributed by atoms with van der Waals surface area (Å²) in [7, 11) is -3.41. The van der Waals surface area contributed by atoms with Crippen molar-refractivity contribution in [2.75, 3.05) is 6.54 Å². The second-order valence-electron chi connectivity index (χ2n) is 5.25. The molecule has 3 rings (SSSR count). The van der Waals surface area contributed by atoms with Crippen molar-refractivity contribution in [3.05, 3.63) is 47.6 Å². The van der Waals surface area contributed by atoms with Crippen molar-refractivity contribution in [3.8, 4) is 0 Å². The summed E-state index contributed by atoms with van der Waals surface area (Å²) in [5.74, 6) is 0.918. The fourth-order valence-electron chi connectivity index (χ4n) is 2.57. The number of fused-ring (bicyclic) bond motifs is 1. The molecule has 2 heterocycles. The molecular weight excluding hydrogens is 330 g/mol. The van der Waals surface area contributed by atoms with Crippen LogP contribution in [0.3, 0.4) is 0 Å². The molecule has 1 N–H and O–H groups in total. The standard InChI is InChI=1S/C16H19N3O2S2/c1-2-11-19-14-7-4-3-6-13(14)18-15(19)9-10-17-23(20,21)16-8-5-12-22-16/h3-8,12,17H,2,9-11H2,1H3. The average Bonchev–Trinajstić information content (AvgIpc) is 3.17. The van der Waals surface area contributed by atoms with Crippen molar-refractivity contribution in [2.45, 2.75) is 30.5 Å². The minimum absolute atomic E-state index is 0.341. The molecule has 0 saturated heterocycles. The van der Waals surface area contributed by atoms with E-state index in [-0.39, 0.29) is 0 Å². The molecule has 0 amide bonds. The highest BCUT2D eigenvalue weighted by atomic mass is 32.2. The highest BCUT2D eigenvalue weighted by Gasteiger charge is 2.15. The van der Waals surface area contributed by atoms with Gasteiger partial charge in [-0.25, -0.2) is 18.1 Å². The Bertz CT molecular complexity index is 883. The molecule has 23 heavy (non-hydrogen) atoms. The van der Waals surface area contributed by atoms with Gasteiger partial charge in [0.05, 0.1) is 11.0 Å². The Morgan fingerprint density at radius 3 is 2.78 bits per heavy atom. The minimum atomic E-state index is -3.41. The number of hydrogen-bond acceptors (Lipinski definition) is 4. The van der Waals surface area contributed by atoms with Crippen LogP contribution in [0, 0.1) is 0 Å². The van der Waals surface area contributed by atoms with E-state index in [0.29, 0.717) is 17.2 Å². The van der Waals surface area contributed by atoms with Gasteiger partial charge in [-0.15, -0.1) is 11.3 Å². The van der Waals surface area contributed by atoms with E-state index in [4.69, 9.17) is 0 Å². The van der Waals surface area contributed by atoms with Crippen molar-refractivity contribution in [2.24, 2.45) is 0 Å². The van der Waals surface area contributed by atoms with Crippen molar-refractivity contribution < 1.29 is 8.42 Å². The molecule has 0 atom stereocenters. The zero-order chi connectivity index (χ0) is 16.3. The number of sulfonamides is 1. The Kier molecular flexibility index (Phi) is 4.79. The first-order valence-electron chi connectivity index (χ1n) is 7.59. The summed E-state index contributed by atoms with van der Waals surface area (Å²) < 4.78 is 29.5. The molecule has 0 aliphatic rings. The topological polar surface area (TPSA) is 64.0 Å². The lowest BCUT2D eigenvalue weighted by molar-refractivity contribution is 0.580. The molecule has 0 spiro atoms. The van der Waals surface area contributed by atoms with Gasteiger partial charge in [-0.05, 0) is 30.0 Å². The van der Waals surface area contributed by atoms with Gasteiger partial charge >= 0.3 is 0 Å². The van der Waals surface area contributed by atoms with Crippen LogP contribution in [-0.4, -0.2) is 24.5 Å². The van der Waals surface area contributed by atoms with E-state index in [1.165, 1.54) is 11.3 Å². The Morgan fingerprint density at radius 1 is 1.22 bits per heavy atom. The van der Waals surface area contributed by atoms with Crippen LogP contribution in [0.1, 0.15) is 19.2 Å². The third-order valence-corrected chi connectivity index (χ3v) is 6.44. The monoisotopic (exact) mass is 349 g/mol. The maximum atomic E-state index is 12.1. The van der Waals surface area contributed by atoms with Crippen LogP contribution in [0.4, 0.5) is 0 Å². The maximum Gasteiger partial charge on any atom is 0.250 e. The van der Waals surface area contributed by atoms with E-state index in [1.807, 2.05) is 18.2 Å². The smallest absolute Gasteiger partial charge is 0.250 e. The highest BCUT2D eigenvalue weighted by Crippen LogP contribution is 2.18. The number of nitrogens with one attached hydrogen (secondary N) is 1. The van der Waals surface area contributed by atoms with Gasteiger partial charge < -0.3 is 4.57 Å². The van der Waals surface area contributed by atoms with Gasteiger partial charge in [0.1, 0.15) is 10.0 Å². The van der Waals surface area contributed by atoms with Gasteiger partial charge in [-0.1, -0.05) is 25.1 Å². The summed E-state index contributed by atoms with van der Waals surface area (Å²) in [6.45, 7) is 3.35. The Labute approximate surface area is 140 Å². The predicted molar refractivity (Wildman–Crippen MR) is 93.2 cm³/mol. The molecule has 1 aromatic carbocycles.